The minimum absolute atomic E-state index is 0.716. The molecule has 0 unspecified atom stereocenters. The summed E-state index contributed by atoms with van der Waals surface area (Å²) >= 11 is 0. The third kappa shape index (κ3) is 2.67. The summed E-state index contributed by atoms with van der Waals surface area (Å²) in [6, 6.07) is 8.69. The number of benzene rings is 1. The van der Waals surface area contributed by atoms with Gasteiger partial charge in [0.15, 0.2) is 5.82 Å². The monoisotopic (exact) mass is 271 g/mol. The van der Waals surface area contributed by atoms with Crippen LogP contribution in [-0.2, 0) is 6.54 Å². The van der Waals surface area contributed by atoms with Crippen molar-refractivity contribution >= 4 is 5.69 Å². The molecular weight excluding hydrogens is 250 g/mol. The molecule has 20 heavy (non-hydrogen) atoms. The molecule has 5 nitrogen and oxygen atoms in total. The first-order valence-corrected chi connectivity index (χ1v) is 7.27. The maximum absolute atomic E-state index is 4.13. The van der Waals surface area contributed by atoms with Crippen molar-refractivity contribution in [2.24, 2.45) is 0 Å². The van der Waals surface area contributed by atoms with Gasteiger partial charge in [0.2, 0.25) is 0 Å². The van der Waals surface area contributed by atoms with Gasteiger partial charge >= 0.3 is 0 Å². The molecule has 1 fully saturated rings. The van der Waals surface area contributed by atoms with Crippen molar-refractivity contribution in [1.82, 2.24) is 20.1 Å². The molecule has 1 N–H and O–H groups in total. The highest BCUT2D eigenvalue weighted by Crippen LogP contribution is 2.21. The van der Waals surface area contributed by atoms with Gasteiger partial charge in [0.05, 0.1) is 6.54 Å². The summed E-state index contributed by atoms with van der Waals surface area (Å²) in [7, 11) is 1.92. The van der Waals surface area contributed by atoms with Gasteiger partial charge in [-0.3, -0.25) is 4.57 Å². The molecule has 0 radical (unpaired) electrons. The molecule has 1 aromatic carbocycles. The quantitative estimate of drug-likeness (QED) is 0.923. The van der Waals surface area contributed by atoms with Crippen molar-refractivity contribution in [3.05, 3.63) is 36.4 Å². The van der Waals surface area contributed by atoms with Gasteiger partial charge in [-0.2, -0.15) is 0 Å². The van der Waals surface area contributed by atoms with Gasteiger partial charge in [0.25, 0.3) is 0 Å². The van der Waals surface area contributed by atoms with Crippen LogP contribution in [0.5, 0.6) is 0 Å². The number of anilines is 1. The normalized spacial score (nSPS) is 15.6. The first-order valence-electron chi connectivity index (χ1n) is 7.27. The van der Waals surface area contributed by atoms with E-state index in [4.69, 9.17) is 0 Å². The fourth-order valence-corrected chi connectivity index (χ4v) is 2.73. The molecular formula is C15H21N5. The smallest absolute Gasteiger partial charge is 0.151 e. The standard InChI is InChI=1S/C15H21N5/c1-16-11-15-18-17-12-20(15)14-7-5-13(6-8-14)19-9-3-2-4-10-19/h5-8,12,16H,2-4,9-11H2,1H3. The highest BCUT2D eigenvalue weighted by atomic mass is 15.3. The van der Waals surface area contributed by atoms with Crippen LogP contribution in [0.1, 0.15) is 25.1 Å². The van der Waals surface area contributed by atoms with Gasteiger partial charge in [0.1, 0.15) is 6.33 Å². The van der Waals surface area contributed by atoms with Crippen LogP contribution in [0, 0.1) is 0 Å². The average molecular weight is 271 g/mol. The van der Waals surface area contributed by atoms with Crippen molar-refractivity contribution in [3.8, 4) is 5.69 Å². The third-order valence-electron chi connectivity index (χ3n) is 3.80. The third-order valence-corrected chi connectivity index (χ3v) is 3.80. The van der Waals surface area contributed by atoms with E-state index in [-0.39, 0.29) is 0 Å². The molecule has 5 heteroatoms. The van der Waals surface area contributed by atoms with Gasteiger partial charge in [-0.25, -0.2) is 0 Å². The Kier molecular flexibility index (Phi) is 3.97. The molecule has 0 saturated carbocycles. The zero-order valence-electron chi connectivity index (χ0n) is 11.9. The molecule has 0 amide bonds. The molecule has 0 aliphatic carbocycles. The van der Waals surface area contributed by atoms with Crippen LogP contribution < -0.4 is 10.2 Å². The molecule has 1 saturated heterocycles. The predicted octanol–water partition coefficient (Wildman–Crippen LogP) is 1.98. The lowest BCUT2D eigenvalue weighted by atomic mass is 10.1. The average Bonchev–Trinajstić information content (AvgIpc) is 2.97. The molecule has 0 spiro atoms. The minimum atomic E-state index is 0.716. The Bertz CT molecular complexity index is 540. The second kappa shape index (κ2) is 6.05. The molecule has 1 aromatic heterocycles. The molecule has 2 aromatic rings. The van der Waals surface area contributed by atoms with Gasteiger partial charge in [-0.15, -0.1) is 10.2 Å². The molecule has 106 valence electrons. The number of hydrogen-bond acceptors (Lipinski definition) is 4. The Hall–Kier alpha value is -1.88. The van der Waals surface area contributed by atoms with Crippen molar-refractivity contribution in [1.29, 1.82) is 0 Å². The second-order valence-electron chi connectivity index (χ2n) is 5.21. The minimum Gasteiger partial charge on any atom is -0.372 e. The second-order valence-corrected chi connectivity index (χ2v) is 5.21. The van der Waals surface area contributed by atoms with E-state index in [9.17, 15) is 0 Å². The van der Waals surface area contributed by atoms with E-state index in [1.165, 1.54) is 38.0 Å². The topological polar surface area (TPSA) is 46.0 Å². The lowest BCUT2D eigenvalue weighted by Gasteiger charge is -2.28. The summed E-state index contributed by atoms with van der Waals surface area (Å²) in [5, 5.41) is 11.2. The Morgan fingerprint density at radius 2 is 1.75 bits per heavy atom. The molecule has 2 heterocycles. The Morgan fingerprint density at radius 1 is 1.05 bits per heavy atom. The van der Waals surface area contributed by atoms with Crippen LogP contribution >= 0.6 is 0 Å². The van der Waals surface area contributed by atoms with Crippen LogP contribution in [0.4, 0.5) is 5.69 Å². The van der Waals surface area contributed by atoms with Gasteiger partial charge in [-0.05, 0) is 50.6 Å². The van der Waals surface area contributed by atoms with E-state index >= 15 is 0 Å². The van der Waals surface area contributed by atoms with E-state index in [1.54, 1.807) is 6.33 Å². The number of rotatable bonds is 4. The Balaban J connectivity index is 1.79. The molecule has 0 bridgehead atoms. The van der Waals surface area contributed by atoms with E-state index in [0.717, 1.165) is 11.5 Å². The summed E-state index contributed by atoms with van der Waals surface area (Å²) < 4.78 is 2.02. The lowest BCUT2D eigenvalue weighted by molar-refractivity contribution is 0.578. The SMILES string of the molecule is CNCc1nncn1-c1ccc(N2CCCCC2)cc1. The fourth-order valence-electron chi connectivity index (χ4n) is 2.73. The Labute approximate surface area is 119 Å². The predicted molar refractivity (Wildman–Crippen MR) is 80.2 cm³/mol. The fraction of sp³-hybridized carbons (Fsp3) is 0.467. The summed E-state index contributed by atoms with van der Waals surface area (Å²) in [5.41, 5.74) is 2.43. The lowest BCUT2D eigenvalue weighted by Crippen LogP contribution is -2.29. The maximum Gasteiger partial charge on any atom is 0.151 e. The first kappa shape index (κ1) is 13.1. The number of nitrogens with one attached hydrogen (secondary N) is 1. The summed E-state index contributed by atoms with van der Waals surface area (Å²) in [4.78, 5) is 2.47. The van der Waals surface area contributed by atoms with Crippen molar-refractivity contribution in [2.75, 3.05) is 25.0 Å². The van der Waals surface area contributed by atoms with Gasteiger partial charge in [-0.1, -0.05) is 0 Å². The zero-order chi connectivity index (χ0) is 13.8. The highest BCUT2D eigenvalue weighted by Gasteiger charge is 2.11. The molecule has 3 rings (SSSR count). The summed E-state index contributed by atoms with van der Waals surface area (Å²) in [6.45, 7) is 3.07. The number of aromatic nitrogens is 3. The summed E-state index contributed by atoms with van der Waals surface area (Å²) in [6.07, 6.45) is 5.74. The first-order chi connectivity index (χ1) is 9.88. The maximum atomic E-state index is 4.13. The van der Waals surface area contributed by atoms with E-state index in [1.807, 2.05) is 11.6 Å². The van der Waals surface area contributed by atoms with Crippen LogP contribution in [0.15, 0.2) is 30.6 Å². The van der Waals surface area contributed by atoms with Crippen LogP contribution in [0.25, 0.3) is 5.69 Å². The summed E-state index contributed by atoms with van der Waals surface area (Å²) in [5.74, 6) is 0.929. The van der Waals surface area contributed by atoms with E-state index < -0.39 is 0 Å². The van der Waals surface area contributed by atoms with Gasteiger partial charge in [0, 0.05) is 24.5 Å². The van der Waals surface area contributed by atoms with Gasteiger partial charge < -0.3 is 10.2 Å². The Morgan fingerprint density at radius 3 is 2.45 bits per heavy atom. The van der Waals surface area contributed by atoms with E-state index in [2.05, 4.69) is 44.7 Å². The largest absolute Gasteiger partial charge is 0.372 e. The number of hydrogen-bond donors (Lipinski definition) is 1. The van der Waals surface area contributed by atoms with Crippen LogP contribution in [0.3, 0.4) is 0 Å². The molecule has 1 aliphatic rings. The molecule has 1 aliphatic heterocycles. The highest BCUT2D eigenvalue weighted by molar-refractivity contribution is 5.51. The van der Waals surface area contributed by atoms with E-state index in [0.29, 0.717) is 6.54 Å². The van der Waals surface area contributed by atoms with Crippen molar-refractivity contribution in [2.45, 2.75) is 25.8 Å². The van der Waals surface area contributed by atoms with Crippen molar-refractivity contribution < 1.29 is 0 Å². The molecule has 0 atom stereocenters. The zero-order valence-corrected chi connectivity index (χ0v) is 11.9. The number of piperidine rings is 1. The van der Waals surface area contributed by atoms with Crippen molar-refractivity contribution in [3.63, 3.8) is 0 Å². The van der Waals surface area contributed by atoms with Crippen LogP contribution in [0.2, 0.25) is 0 Å². The number of nitrogens with zero attached hydrogens (tertiary/aromatic N) is 4. The van der Waals surface area contributed by atoms with Crippen LogP contribution in [-0.4, -0.2) is 34.9 Å².